The molecule has 0 saturated heterocycles. The van der Waals surface area contributed by atoms with E-state index in [1.165, 1.54) is 0 Å². The second kappa shape index (κ2) is 8.02. The Labute approximate surface area is 115 Å². The Kier molecular flexibility index (Phi) is 6.67. The molecule has 0 saturated carbocycles. The van der Waals surface area contributed by atoms with Crippen molar-refractivity contribution >= 4 is 0 Å². The summed E-state index contributed by atoms with van der Waals surface area (Å²) < 4.78 is 16.6. The summed E-state index contributed by atoms with van der Waals surface area (Å²) in [6, 6.07) is 7.51. The monoisotopic (exact) mass is 267 g/mol. The van der Waals surface area contributed by atoms with Gasteiger partial charge in [0.1, 0.15) is 18.1 Å². The molecule has 4 heteroatoms. The van der Waals surface area contributed by atoms with Gasteiger partial charge in [0.15, 0.2) is 0 Å². The molecule has 108 valence electrons. The van der Waals surface area contributed by atoms with E-state index < -0.39 is 0 Å². The molecule has 1 aromatic carbocycles. The zero-order valence-electron chi connectivity index (χ0n) is 12.1. The highest BCUT2D eigenvalue weighted by Crippen LogP contribution is 2.19. The third kappa shape index (κ3) is 4.73. The van der Waals surface area contributed by atoms with Crippen LogP contribution in [0.1, 0.15) is 26.7 Å². The fraction of sp³-hybridized carbons (Fsp3) is 0.600. The Hall–Kier alpha value is -1.26. The van der Waals surface area contributed by atoms with Gasteiger partial charge in [-0.25, -0.2) is 0 Å². The van der Waals surface area contributed by atoms with Crippen LogP contribution in [0, 0.1) is 0 Å². The van der Waals surface area contributed by atoms with Gasteiger partial charge in [-0.15, -0.1) is 0 Å². The lowest BCUT2D eigenvalue weighted by Gasteiger charge is -2.30. The Morgan fingerprint density at radius 1 is 1.00 bits per heavy atom. The van der Waals surface area contributed by atoms with Gasteiger partial charge < -0.3 is 19.9 Å². The smallest absolute Gasteiger partial charge is 0.119 e. The molecule has 0 atom stereocenters. The molecule has 0 aliphatic carbocycles. The minimum atomic E-state index is -0.205. The van der Waals surface area contributed by atoms with E-state index in [4.69, 9.17) is 19.9 Å². The summed E-state index contributed by atoms with van der Waals surface area (Å²) in [7, 11) is 1.64. The quantitative estimate of drug-likeness (QED) is 0.699. The summed E-state index contributed by atoms with van der Waals surface area (Å²) in [5.41, 5.74) is 5.57. The molecule has 0 spiro atoms. The van der Waals surface area contributed by atoms with Gasteiger partial charge in [-0.1, -0.05) is 13.8 Å². The van der Waals surface area contributed by atoms with Crippen LogP contribution in [0.25, 0.3) is 0 Å². The molecular formula is C15H25NO3. The molecule has 0 heterocycles. The summed E-state index contributed by atoms with van der Waals surface area (Å²) in [5.74, 6) is 1.64. The zero-order valence-corrected chi connectivity index (χ0v) is 12.1. The molecule has 0 aliphatic rings. The second-order valence-electron chi connectivity index (χ2n) is 4.47. The Balaban J connectivity index is 2.33. The van der Waals surface area contributed by atoms with Crippen LogP contribution in [0.4, 0.5) is 0 Å². The summed E-state index contributed by atoms with van der Waals surface area (Å²) >= 11 is 0. The van der Waals surface area contributed by atoms with E-state index in [0.717, 1.165) is 24.3 Å². The standard InChI is InChI=1S/C15H25NO3/c1-4-15(5-2,12-16)19-11-10-18-14-8-6-13(17-3)7-9-14/h6-9H,4-5,10-12,16H2,1-3H3. The summed E-state index contributed by atoms with van der Waals surface area (Å²) in [6.07, 6.45) is 1.84. The first-order valence-electron chi connectivity index (χ1n) is 6.80. The normalized spacial score (nSPS) is 11.4. The first kappa shape index (κ1) is 15.8. The molecule has 0 radical (unpaired) electrons. The maximum Gasteiger partial charge on any atom is 0.119 e. The molecule has 0 fully saturated rings. The van der Waals surface area contributed by atoms with E-state index in [-0.39, 0.29) is 5.60 Å². The van der Waals surface area contributed by atoms with Gasteiger partial charge in [0.25, 0.3) is 0 Å². The van der Waals surface area contributed by atoms with Crippen molar-refractivity contribution in [3.63, 3.8) is 0 Å². The van der Waals surface area contributed by atoms with Crippen molar-refractivity contribution in [3.05, 3.63) is 24.3 Å². The van der Waals surface area contributed by atoms with Crippen LogP contribution in [0.2, 0.25) is 0 Å². The van der Waals surface area contributed by atoms with Crippen molar-refractivity contribution in [1.29, 1.82) is 0 Å². The Morgan fingerprint density at radius 2 is 1.58 bits per heavy atom. The third-order valence-corrected chi connectivity index (χ3v) is 3.48. The van der Waals surface area contributed by atoms with E-state index >= 15 is 0 Å². The number of hydrogen-bond donors (Lipinski definition) is 1. The lowest BCUT2D eigenvalue weighted by Crippen LogP contribution is -2.40. The van der Waals surface area contributed by atoms with Crippen molar-refractivity contribution in [1.82, 2.24) is 0 Å². The summed E-state index contributed by atoms with van der Waals surface area (Å²) in [5, 5.41) is 0. The third-order valence-electron chi connectivity index (χ3n) is 3.48. The van der Waals surface area contributed by atoms with Crippen molar-refractivity contribution in [2.75, 3.05) is 26.9 Å². The molecule has 0 aromatic heterocycles. The number of nitrogens with two attached hydrogens (primary N) is 1. The first-order valence-corrected chi connectivity index (χ1v) is 6.80. The first-order chi connectivity index (χ1) is 9.19. The average molecular weight is 267 g/mol. The Bertz CT molecular complexity index is 339. The average Bonchev–Trinajstić information content (AvgIpc) is 2.49. The van der Waals surface area contributed by atoms with E-state index in [9.17, 15) is 0 Å². The van der Waals surface area contributed by atoms with Crippen LogP contribution in [-0.4, -0.2) is 32.5 Å². The van der Waals surface area contributed by atoms with Crippen molar-refractivity contribution in [3.8, 4) is 11.5 Å². The molecule has 19 heavy (non-hydrogen) atoms. The van der Waals surface area contributed by atoms with Gasteiger partial charge >= 0.3 is 0 Å². The number of hydrogen-bond acceptors (Lipinski definition) is 4. The van der Waals surface area contributed by atoms with Crippen LogP contribution in [0.3, 0.4) is 0 Å². The molecular weight excluding hydrogens is 242 g/mol. The lowest BCUT2D eigenvalue weighted by atomic mass is 9.97. The van der Waals surface area contributed by atoms with Crippen molar-refractivity contribution in [2.24, 2.45) is 5.73 Å². The topological polar surface area (TPSA) is 53.7 Å². The zero-order chi connectivity index (χ0) is 14.1. The van der Waals surface area contributed by atoms with Gasteiger partial charge in [-0.2, -0.15) is 0 Å². The van der Waals surface area contributed by atoms with Gasteiger partial charge in [0, 0.05) is 6.54 Å². The molecule has 0 amide bonds. The highest BCUT2D eigenvalue weighted by atomic mass is 16.5. The number of rotatable bonds is 9. The summed E-state index contributed by atoms with van der Waals surface area (Å²) in [6.45, 7) is 5.81. The fourth-order valence-corrected chi connectivity index (χ4v) is 1.89. The lowest BCUT2D eigenvalue weighted by molar-refractivity contribution is -0.0540. The Morgan fingerprint density at radius 3 is 2.05 bits per heavy atom. The predicted octanol–water partition coefficient (Wildman–Crippen LogP) is 2.61. The minimum absolute atomic E-state index is 0.205. The molecule has 0 unspecified atom stereocenters. The second-order valence-corrected chi connectivity index (χ2v) is 4.47. The van der Waals surface area contributed by atoms with Crippen LogP contribution in [0.15, 0.2) is 24.3 Å². The maximum absolute atomic E-state index is 5.87. The van der Waals surface area contributed by atoms with E-state index in [0.29, 0.717) is 19.8 Å². The molecule has 0 bridgehead atoms. The van der Waals surface area contributed by atoms with Gasteiger partial charge in [-0.05, 0) is 37.1 Å². The maximum atomic E-state index is 5.87. The highest BCUT2D eigenvalue weighted by Gasteiger charge is 2.24. The molecule has 0 aliphatic heterocycles. The fourth-order valence-electron chi connectivity index (χ4n) is 1.89. The van der Waals surface area contributed by atoms with Crippen LogP contribution >= 0.6 is 0 Å². The minimum Gasteiger partial charge on any atom is -0.497 e. The largest absolute Gasteiger partial charge is 0.497 e. The highest BCUT2D eigenvalue weighted by molar-refractivity contribution is 5.31. The molecule has 2 N–H and O–H groups in total. The number of benzene rings is 1. The SMILES string of the molecule is CCC(CC)(CN)OCCOc1ccc(OC)cc1. The van der Waals surface area contributed by atoms with E-state index in [2.05, 4.69) is 13.8 Å². The van der Waals surface area contributed by atoms with Crippen molar-refractivity contribution < 1.29 is 14.2 Å². The number of methoxy groups -OCH3 is 1. The molecule has 1 rings (SSSR count). The van der Waals surface area contributed by atoms with E-state index in [1.54, 1.807) is 7.11 Å². The molecule has 1 aromatic rings. The van der Waals surface area contributed by atoms with E-state index in [1.807, 2.05) is 24.3 Å². The van der Waals surface area contributed by atoms with Crippen LogP contribution in [0.5, 0.6) is 11.5 Å². The van der Waals surface area contributed by atoms with Crippen LogP contribution in [-0.2, 0) is 4.74 Å². The molecule has 4 nitrogen and oxygen atoms in total. The number of ether oxygens (including phenoxy) is 3. The predicted molar refractivity (Wildman–Crippen MR) is 76.8 cm³/mol. The van der Waals surface area contributed by atoms with Crippen LogP contribution < -0.4 is 15.2 Å². The van der Waals surface area contributed by atoms with Gasteiger partial charge in [0.2, 0.25) is 0 Å². The summed E-state index contributed by atoms with van der Waals surface area (Å²) in [4.78, 5) is 0. The van der Waals surface area contributed by atoms with Crippen molar-refractivity contribution in [2.45, 2.75) is 32.3 Å². The van der Waals surface area contributed by atoms with Gasteiger partial charge in [-0.3, -0.25) is 0 Å². The van der Waals surface area contributed by atoms with Gasteiger partial charge in [0.05, 0.1) is 19.3 Å².